The molecule has 1 heterocycles. The number of ether oxygens (including phenoxy) is 1. The number of non-ortho nitro benzene ring substituents is 1. The van der Waals surface area contributed by atoms with Crippen LogP contribution in [0, 0.1) is 10.1 Å². The number of carbonyl (C=O) groups excluding carboxylic acids is 1. The van der Waals surface area contributed by atoms with Crippen molar-refractivity contribution in [1.29, 1.82) is 0 Å². The second-order valence-corrected chi connectivity index (χ2v) is 7.85. The standard InChI is InChI=1S/C20H22Cl2N4O4/c1-24-6-8-25(9-7-24)10-11-30-19-5-2-14(21)12-16(19)20(27)23-18-4-3-15(26(28)29)13-17(18)22/h2-5,12-13H,6-11H2,1H3,(H,23,27). The quantitative estimate of drug-likeness (QED) is 0.507. The normalized spacial score (nSPS) is 15.0. The van der Waals surface area contributed by atoms with Crippen LogP contribution < -0.4 is 10.1 Å². The van der Waals surface area contributed by atoms with Crippen molar-refractivity contribution < 1.29 is 14.5 Å². The molecule has 1 amide bonds. The van der Waals surface area contributed by atoms with Gasteiger partial charge in [0.15, 0.2) is 0 Å². The number of piperazine rings is 1. The molecule has 30 heavy (non-hydrogen) atoms. The summed E-state index contributed by atoms with van der Waals surface area (Å²) in [5, 5.41) is 14.0. The van der Waals surface area contributed by atoms with Crippen LogP contribution >= 0.6 is 23.2 Å². The summed E-state index contributed by atoms with van der Waals surface area (Å²) in [7, 11) is 2.10. The first-order valence-corrected chi connectivity index (χ1v) is 10.2. The first-order valence-electron chi connectivity index (χ1n) is 9.42. The summed E-state index contributed by atoms with van der Waals surface area (Å²) in [6, 6.07) is 8.66. The van der Waals surface area contributed by atoms with Gasteiger partial charge in [0, 0.05) is 49.9 Å². The number of carbonyl (C=O) groups is 1. The molecule has 8 nitrogen and oxygen atoms in total. The third-order valence-corrected chi connectivity index (χ3v) is 5.41. The number of hydrogen-bond donors (Lipinski definition) is 1. The highest BCUT2D eigenvalue weighted by molar-refractivity contribution is 6.34. The second-order valence-electron chi connectivity index (χ2n) is 7.01. The Balaban J connectivity index is 1.67. The van der Waals surface area contributed by atoms with E-state index in [1.54, 1.807) is 12.1 Å². The zero-order valence-corrected chi connectivity index (χ0v) is 17.9. The smallest absolute Gasteiger partial charge is 0.271 e. The fourth-order valence-electron chi connectivity index (χ4n) is 3.07. The van der Waals surface area contributed by atoms with E-state index in [9.17, 15) is 14.9 Å². The van der Waals surface area contributed by atoms with E-state index in [4.69, 9.17) is 27.9 Å². The Bertz CT molecular complexity index is 933. The van der Waals surface area contributed by atoms with Crippen molar-refractivity contribution in [2.24, 2.45) is 0 Å². The number of nitrogens with one attached hydrogen (secondary N) is 1. The van der Waals surface area contributed by atoms with Crippen molar-refractivity contribution in [3.8, 4) is 5.75 Å². The molecule has 0 saturated carbocycles. The van der Waals surface area contributed by atoms with E-state index >= 15 is 0 Å². The van der Waals surface area contributed by atoms with Crippen molar-refractivity contribution in [2.75, 3.05) is 51.7 Å². The molecule has 2 aromatic carbocycles. The Morgan fingerprint density at radius 1 is 1.17 bits per heavy atom. The maximum absolute atomic E-state index is 12.8. The Morgan fingerprint density at radius 2 is 1.90 bits per heavy atom. The highest BCUT2D eigenvalue weighted by Crippen LogP contribution is 2.29. The number of halogens is 2. The van der Waals surface area contributed by atoms with Gasteiger partial charge in [-0.25, -0.2) is 0 Å². The van der Waals surface area contributed by atoms with E-state index in [1.807, 2.05) is 0 Å². The SMILES string of the molecule is CN1CCN(CCOc2ccc(Cl)cc2C(=O)Nc2ccc([N+](=O)[O-])cc2Cl)CC1. The number of amides is 1. The summed E-state index contributed by atoms with van der Waals surface area (Å²) in [6.45, 7) is 5.18. The molecule has 1 aliphatic rings. The van der Waals surface area contributed by atoms with Crippen LogP contribution in [-0.2, 0) is 0 Å². The second kappa shape index (κ2) is 10.1. The number of nitro groups is 1. The molecule has 3 rings (SSSR count). The highest BCUT2D eigenvalue weighted by atomic mass is 35.5. The van der Waals surface area contributed by atoms with Gasteiger partial charge in [-0.3, -0.25) is 19.8 Å². The third-order valence-electron chi connectivity index (χ3n) is 4.86. The van der Waals surface area contributed by atoms with Crippen molar-refractivity contribution in [3.05, 3.63) is 62.1 Å². The predicted octanol–water partition coefficient (Wildman–Crippen LogP) is 3.78. The van der Waals surface area contributed by atoms with Gasteiger partial charge in [0.2, 0.25) is 0 Å². The third kappa shape index (κ3) is 5.82. The first-order chi connectivity index (χ1) is 14.3. The van der Waals surface area contributed by atoms with Gasteiger partial charge in [0.05, 0.1) is 21.2 Å². The van der Waals surface area contributed by atoms with Crippen LogP contribution in [0.5, 0.6) is 5.75 Å². The molecule has 0 unspecified atom stereocenters. The maximum atomic E-state index is 12.8. The minimum absolute atomic E-state index is 0.0668. The van der Waals surface area contributed by atoms with E-state index in [0.29, 0.717) is 17.4 Å². The molecule has 1 saturated heterocycles. The molecule has 2 aromatic rings. The molecule has 0 aliphatic carbocycles. The number of rotatable bonds is 7. The molecule has 1 fully saturated rings. The van der Waals surface area contributed by atoms with Crippen LogP contribution in [0.4, 0.5) is 11.4 Å². The molecule has 10 heteroatoms. The minimum atomic E-state index is -0.555. The van der Waals surface area contributed by atoms with Crippen LogP contribution in [-0.4, -0.2) is 67.0 Å². The van der Waals surface area contributed by atoms with E-state index in [2.05, 4.69) is 22.2 Å². The number of nitrogens with zero attached hydrogens (tertiary/aromatic N) is 3. The lowest BCUT2D eigenvalue weighted by Gasteiger charge is -2.32. The average molecular weight is 453 g/mol. The van der Waals surface area contributed by atoms with Gasteiger partial charge in [-0.05, 0) is 31.3 Å². The zero-order chi connectivity index (χ0) is 21.7. The van der Waals surface area contributed by atoms with Crippen LogP contribution in [0.1, 0.15) is 10.4 Å². The lowest BCUT2D eigenvalue weighted by Crippen LogP contribution is -2.45. The number of likely N-dealkylation sites (N-methyl/N-ethyl adjacent to an activating group) is 1. The largest absolute Gasteiger partial charge is 0.491 e. The Labute approximate surface area is 184 Å². The van der Waals surface area contributed by atoms with Crippen molar-refractivity contribution in [2.45, 2.75) is 0 Å². The molecule has 1 N–H and O–H groups in total. The summed E-state index contributed by atoms with van der Waals surface area (Å²) in [5.74, 6) is -0.0630. The van der Waals surface area contributed by atoms with Gasteiger partial charge in [-0.1, -0.05) is 23.2 Å². The molecule has 0 atom stereocenters. The van der Waals surface area contributed by atoms with Crippen LogP contribution in [0.15, 0.2) is 36.4 Å². The first kappa shape index (κ1) is 22.3. The summed E-state index contributed by atoms with van der Waals surface area (Å²) >= 11 is 12.1. The Hall–Kier alpha value is -2.39. The molecular weight excluding hydrogens is 431 g/mol. The molecule has 1 aliphatic heterocycles. The number of benzene rings is 2. The molecular formula is C20H22Cl2N4O4. The summed E-state index contributed by atoms with van der Waals surface area (Å²) in [4.78, 5) is 27.7. The fourth-order valence-corrected chi connectivity index (χ4v) is 3.46. The molecule has 0 radical (unpaired) electrons. The molecule has 0 spiro atoms. The van der Waals surface area contributed by atoms with Crippen LogP contribution in [0.25, 0.3) is 0 Å². The maximum Gasteiger partial charge on any atom is 0.271 e. The molecule has 160 valence electrons. The van der Waals surface area contributed by atoms with E-state index < -0.39 is 10.8 Å². The number of hydrogen-bond acceptors (Lipinski definition) is 6. The zero-order valence-electron chi connectivity index (χ0n) is 16.4. The fraction of sp³-hybridized carbons (Fsp3) is 0.350. The van der Waals surface area contributed by atoms with Crippen molar-refractivity contribution in [3.63, 3.8) is 0 Å². The monoisotopic (exact) mass is 452 g/mol. The Kier molecular flexibility index (Phi) is 7.49. The van der Waals surface area contributed by atoms with Crippen molar-refractivity contribution >= 4 is 40.5 Å². The summed E-state index contributed by atoms with van der Waals surface area (Å²) in [6.07, 6.45) is 0. The van der Waals surface area contributed by atoms with Gasteiger partial charge >= 0.3 is 0 Å². The van der Waals surface area contributed by atoms with Gasteiger partial charge < -0.3 is 15.0 Å². The van der Waals surface area contributed by atoms with Crippen molar-refractivity contribution in [1.82, 2.24) is 9.80 Å². The lowest BCUT2D eigenvalue weighted by molar-refractivity contribution is -0.384. The number of nitro benzene ring substituents is 1. The van der Waals surface area contributed by atoms with Gasteiger partial charge in [0.1, 0.15) is 12.4 Å². The Morgan fingerprint density at radius 3 is 2.57 bits per heavy atom. The van der Waals surface area contributed by atoms with Gasteiger partial charge in [-0.2, -0.15) is 0 Å². The highest BCUT2D eigenvalue weighted by Gasteiger charge is 2.18. The summed E-state index contributed by atoms with van der Waals surface area (Å²) in [5.41, 5.74) is 0.361. The number of anilines is 1. The summed E-state index contributed by atoms with van der Waals surface area (Å²) < 4.78 is 5.86. The van der Waals surface area contributed by atoms with E-state index in [-0.39, 0.29) is 22.0 Å². The average Bonchev–Trinajstić information content (AvgIpc) is 2.71. The van der Waals surface area contributed by atoms with E-state index in [0.717, 1.165) is 32.7 Å². The van der Waals surface area contributed by atoms with Gasteiger partial charge in [-0.15, -0.1) is 0 Å². The van der Waals surface area contributed by atoms with Crippen LogP contribution in [0.2, 0.25) is 10.0 Å². The van der Waals surface area contributed by atoms with Gasteiger partial charge in [0.25, 0.3) is 11.6 Å². The molecule has 0 aromatic heterocycles. The van der Waals surface area contributed by atoms with E-state index in [1.165, 1.54) is 24.3 Å². The molecule has 0 bridgehead atoms. The minimum Gasteiger partial charge on any atom is -0.491 e. The lowest BCUT2D eigenvalue weighted by atomic mass is 10.1. The van der Waals surface area contributed by atoms with Crippen LogP contribution in [0.3, 0.4) is 0 Å². The predicted molar refractivity (Wildman–Crippen MR) is 117 cm³/mol. The topological polar surface area (TPSA) is 88.0 Å².